The van der Waals surface area contributed by atoms with Crippen LogP contribution < -0.4 is 4.90 Å². The molecule has 33 heavy (non-hydrogen) atoms. The molecule has 0 aliphatic carbocycles. The predicted octanol–water partition coefficient (Wildman–Crippen LogP) is 4.56. The van der Waals surface area contributed by atoms with Gasteiger partial charge in [-0.3, -0.25) is 4.79 Å². The van der Waals surface area contributed by atoms with Gasteiger partial charge in [0.2, 0.25) is 11.8 Å². The molecule has 0 unspecified atom stereocenters. The average molecular weight is 500 g/mol. The number of benzene rings is 2. The number of nitrogens with zero attached hydrogens (tertiary/aromatic N) is 5. The Morgan fingerprint density at radius 2 is 1.82 bits per heavy atom. The Kier molecular flexibility index (Phi) is 6.80. The number of thiazole rings is 1. The second-order valence-corrected chi connectivity index (χ2v) is 10.1. The summed E-state index contributed by atoms with van der Waals surface area (Å²) >= 11 is 9.27. The van der Waals surface area contributed by atoms with Gasteiger partial charge in [0.05, 0.1) is 31.7 Å². The number of piperazine rings is 1. The summed E-state index contributed by atoms with van der Waals surface area (Å²) in [7, 11) is 0. The molecule has 1 aliphatic rings. The van der Waals surface area contributed by atoms with E-state index in [2.05, 4.69) is 26.1 Å². The number of aryl methyl sites for hydroxylation is 2. The van der Waals surface area contributed by atoms with E-state index < -0.39 is 0 Å². The number of amides is 1. The Morgan fingerprint density at radius 1 is 1.03 bits per heavy atom. The maximum absolute atomic E-state index is 12.6. The highest BCUT2D eigenvalue weighted by atomic mass is 35.5. The number of anilines is 1. The van der Waals surface area contributed by atoms with Crippen LogP contribution in [0.1, 0.15) is 10.9 Å². The number of halogens is 1. The fraction of sp³-hybridized carbons (Fsp3) is 0.304. The zero-order valence-electron chi connectivity index (χ0n) is 17.8. The lowest BCUT2D eigenvalue weighted by molar-refractivity contribution is -0.128. The van der Waals surface area contributed by atoms with E-state index in [4.69, 9.17) is 16.0 Å². The summed E-state index contributed by atoms with van der Waals surface area (Å²) in [5.41, 5.74) is 2.04. The molecule has 4 aromatic rings. The second-order valence-electron chi connectivity index (χ2n) is 7.64. The number of hydrogen-bond acceptors (Lipinski definition) is 8. The van der Waals surface area contributed by atoms with Crippen molar-refractivity contribution < 1.29 is 9.21 Å². The van der Waals surface area contributed by atoms with Crippen molar-refractivity contribution in [2.75, 3.05) is 36.8 Å². The third kappa shape index (κ3) is 5.31. The van der Waals surface area contributed by atoms with Crippen molar-refractivity contribution in [3.05, 3.63) is 64.5 Å². The van der Waals surface area contributed by atoms with E-state index in [0.717, 1.165) is 40.7 Å². The molecule has 5 rings (SSSR count). The van der Waals surface area contributed by atoms with Crippen molar-refractivity contribution in [3.8, 4) is 0 Å². The first-order valence-electron chi connectivity index (χ1n) is 10.7. The van der Waals surface area contributed by atoms with E-state index >= 15 is 0 Å². The van der Waals surface area contributed by atoms with Crippen molar-refractivity contribution in [1.29, 1.82) is 0 Å². The molecule has 1 fully saturated rings. The van der Waals surface area contributed by atoms with Gasteiger partial charge in [-0.15, -0.1) is 21.5 Å². The Morgan fingerprint density at radius 3 is 2.64 bits per heavy atom. The van der Waals surface area contributed by atoms with Crippen LogP contribution in [0.25, 0.3) is 10.2 Å². The first-order valence-corrected chi connectivity index (χ1v) is 12.9. The number of aromatic nitrogens is 3. The summed E-state index contributed by atoms with van der Waals surface area (Å²) < 4.78 is 6.91. The monoisotopic (exact) mass is 499 g/mol. The van der Waals surface area contributed by atoms with E-state index in [1.807, 2.05) is 47.4 Å². The van der Waals surface area contributed by atoms with E-state index in [-0.39, 0.29) is 11.7 Å². The number of thioether (sulfide) groups is 1. The maximum atomic E-state index is 12.6. The van der Waals surface area contributed by atoms with E-state index in [1.165, 1.54) is 16.5 Å². The molecular formula is C23H22ClN5O2S2. The van der Waals surface area contributed by atoms with Crippen LogP contribution in [-0.4, -0.2) is 57.9 Å². The fourth-order valence-corrected chi connectivity index (χ4v) is 5.66. The highest BCUT2D eigenvalue weighted by Crippen LogP contribution is 2.27. The number of fused-ring (bicyclic) bond motifs is 1. The lowest BCUT2D eigenvalue weighted by Gasteiger charge is -2.36. The second kappa shape index (κ2) is 10.1. The highest BCUT2D eigenvalue weighted by Gasteiger charge is 2.23. The van der Waals surface area contributed by atoms with Crippen molar-refractivity contribution in [2.24, 2.45) is 0 Å². The minimum Gasteiger partial charge on any atom is -0.416 e. The van der Waals surface area contributed by atoms with Gasteiger partial charge in [-0.25, -0.2) is 4.98 Å². The molecular weight excluding hydrogens is 478 g/mol. The van der Waals surface area contributed by atoms with Crippen LogP contribution in [0.5, 0.6) is 0 Å². The number of hydrogen-bond donors (Lipinski definition) is 0. The molecule has 7 nitrogen and oxygen atoms in total. The van der Waals surface area contributed by atoms with Gasteiger partial charge in [0.15, 0.2) is 0 Å². The summed E-state index contributed by atoms with van der Waals surface area (Å²) in [5.74, 6) is 0.927. The topological polar surface area (TPSA) is 75.4 Å². The van der Waals surface area contributed by atoms with E-state index in [1.54, 1.807) is 11.3 Å². The zero-order valence-corrected chi connectivity index (χ0v) is 20.2. The summed E-state index contributed by atoms with van der Waals surface area (Å²) in [5, 5.41) is 10.4. The van der Waals surface area contributed by atoms with E-state index in [9.17, 15) is 4.79 Å². The lowest BCUT2D eigenvalue weighted by Crippen LogP contribution is -2.49. The van der Waals surface area contributed by atoms with Crippen LogP contribution in [-0.2, 0) is 17.6 Å². The van der Waals surface area contributed by atoms with Gasteiger partial charge in [0, 0.05) is 39.0 Å². The summed E-state index contributed by atoms with van der Waals surface area (Å²) in [4.78, 5) is 21.4. The normalized spacial score (nSPS) is 14.2. The lowest BCUT2D eigenvalue weighted by atomic mass is 10.2. The molecule has 3 heterocycles. The van der Waals surface area contributed by atoms with Crippen LogP contribution in [0.4, 0.5) is 5.69 Å². The van der Waals surface area contributed by atoms with Gasteiger partial charge in [-0.2, -0.15) is 0 Å². The SMILES string of the molecule is O=C(CSc1nnc(CCc2nc3ccccc3s2)o1)N1CCN(c2ccccc2Cl)CC1. The van der Waals surface area contributed by atoms with Gasteiger partial charge in [-0.1, -0.05) is 47.6 Å². The molecule has 1 aliphatic heterocycles. The average Bonchev–Trinajstić information content (AvgIpc) is 3.48. The largest absolute Gasteiger partial charge is 0.416 e. The molecule has 0 radical (unpaired) electrons. The van der Waals surface area contributed by atoms with Gasteiger partial charge in [0.25, 0.3) is 5.22 Å². The number of carbonyl (C=O) groups is 1. The summed E-state index contributed by atoms with van der Waals surface area (Å²) in [6.07, 6.45) is 1.38. The first-order chi connectivity index (χ1) is 16.2. The number of carbonyl (C=O) groups excluding carboxylic acids is 1. The standard InChI is InChI=1S/C23H22ClN5O2S2/c24-16-5-1-3-7-18(16)28-11-13-29(14-12-28)22(30)15-32-23-27-26-20(31-23)9-10-21-25-17-6-2-4-8-19(17)33-21/h1-8H,9-15H2. The molecule has 170 valence electrons. The van der Waals surface area contributed by atoms with Crippen molar-refractivity contribution >= 4 is 56.5 Å². The third-order valence-electron chi connectivity index (χ3n) is 5.48. The van der Waals surface area contributed by atoms with Gasteiger partial charge < -0.3 is 14.2 Å². The molecule has 1 saturated heterocycles. The highest BCUT2D eigenvalue weighted by molar-refractivity contribution is 7.99. The van der Waals surface area contributed by atoms with Crippen LogP contribution in [0, 0.1) is 0 Å². The fourth-order valence-electron chi connectivity index (χ4n) is 3.76. The van der Waals surface area contributed by atoms with Gasteiger partial charge in [0.1, 0.15) is 0 Å². The molecule has 1 amide bonds. The van der Waals surface area contributed by atoms with E-state index in [0.29, 0.717) is 30.6 Å². The summed E-state index contributed by atoms with van der Waals surface area (Å²) in [6, 6.07) is 15.9. The van der Waals surface area contributed by atoms with Crippen molar-refractivity contribution in [3.63, 3.8) is 0 Å². The molecule has 0 N–H and O–H groups in total. The molecule has 0 saturated carbocycles. The summed E-state index contributed by atoms with van der Waals surface area (Å²) in [6.45, 7) is 2.86. The molecule has 2 aromatic carbocycles. The van der Waals surface area contributed by atoms with Crippen LogP contribution in [0.3, 0.4) is 0 Å². The molecule has 2 aromatic heterocycles. The Bertz CT molecular complexity index is 1220. The van der Waals surface area contributed by atoms with Crippen LogP contribution in [0.15, 0.2) is 58.2 Å². The first kappa shape index (κ1) is 22.2. The van der Waals surface area contributed by atoms with Crippen LogP contribution in [0.2, 0.25) is 5.02 Å². The Hall–Kier alpha value is -2.62. The van der Waals surface area contributed by atoms with Gasteiger partial charge in [-0.05, 0) is 24.3 Å². The minimum absolute atomic E-state index is 0.0769. The molecule has 10 heteroatoms. The smallest absolute Gasteiger partial charge is 0.277 e. The zero-order chi connectivity index (χ0) is 22.6. The number of para-hydroxylation sites is 2. The van der Waals surface area contributed by atoms with Crippen molar-refractivity contribution in [2.45, 2.75) is 18.1 Å². The molecule has 0 spiro atoms. The maximum Gasteiger partial charge on any atom is 0.277 e. The molecule has 0 atom stereocenters. The van der Waals surface area contributed by atoms with Crippen LogP contribution >= 0.6 is 34.7 Å². The van der Waals surface area contributed by atoms with Gasteiger partial charge >= 0.3 is 0 Å². The number of rotatable bonds is 7. The van der Waals surface area contributed by atoms with Crippen molar-refractivity contribution in [1.82, 2.24) is 20.1 Å². The Balaban J connectivity index is 1.08. The Labute approximate surface area is 204 Å². The predicted molar refractivity (Wildman–Crippen MR) is 132 cm³/mol. The minimum atomic E-state index is 0.0769. The third-order valence-corrected chi connectivity index (χ3v) is 7.70. The molecule has 0 bridgehead atoms. The quantitative estimate of drug-likeness (QED) is 0.345.